The van der Waals surface area contributed by atoms with Crippen molar-refractivity contribution < 1.29 is 28.7 Å². The van der Waals surface area contributed by atoms with E-state index in [2.05, 4.69) is 5.32 Å². The highest BCUT2D eigenvalue weighted by atomic mass is 31.2. The van der Waals surface area contributed by atoms with Gasteiger partial charge in [0, 0.05) is 6.42 Å². The molecular formula is C20H31N2O6P. The second-order valence-corrected chi connectivity index (χ2v) is 9.37. The summed E-state index contributed by atoms with van der Waals surface area (Å²) in [7, 11) is -4.38. The molecule has 162 valence electrons. The minimum atomic E-state index is -4.38. The Kier molecular flexibility index (Phi) is 9.30. The third-order valence-electron chi connectivity index (χ3n) is 5.21. The first-order chi connectivity index (χ1) is 13.8. The maximum atomic E-state index is 12.9. The number of hydrogen-bond donors (Lipinski definition) is 4. The van der Waals surface area contributed by atoms with Crippen LogP contribution in [0.1, 0.15) is 50.5 Å². The fourth-order valence-corrected chi connectivity index (χ4v) is 5.13. The topological polar surface area (TPSA) is 139 Å². The fourth-order valence-electron chi connectivity index (χ4n) is 3.30. The van der Waals surface area contributed by atoms with Crippen LogP contribution in [0.4, 0.5) is 0 Å². The van der Waals surface area contributed by atoms with E-state index >= 15 is 0 Å². The molecule has 29 heavy (non-hydrogen) atoms. The number of aryl methyl sites for hydroxylation is 1. The van der Waals surface area contributed by atoms with Gasteiger partial charge in [-0.1, -0.05) is 36.8 Å². The van der Waals surface area contributed by atoms with Crippen molar-refractivity contribution >= 4 is 19.5 Å². The number of amides is 1. The van der Waals surface area contributed by atoms with E-state index in [0.29, 0.717) is 38.6 Å². The minimum Gasteiger partial charge on any atom is -0.479 e. The molecule has 1 fully saturated rings. The maximum absolute atomic E-state index is 12.9. The molecule has 0 radical (unpaired) electrons. The Morgan fingerprint density at radius 2 is 1.93 bits per heavy atom. The number of carbonyl (C=O) groups is 2. The zero-order valence-corrected chi connectivity index (χ0v) is 17.4. The molecule has 0 spiro atoms. The van der Waals surface area contributed by atoms with Gasteiger partial charge < -0.3 is 21.1 Å². The van der Waals surface area contributed by atoms with Gasteiger partial charge in [0.05, 0.1) is 0 Å². The number of aliphatic carboxylic acids is 1. The van der Waals surface area contributed by atoms with E-state index in [0.717, 1.165) is 12.0 Å². The molecule has 1 saturated carbocycles. The van der Waals surface area contributed by atoms with Gasteiger partial charge in [-0.05, 0) is 56.6 Å². The van der Waals surface area contributed by atoms with Gasteiger partial charge in [0.25, 0.3) is 0 Å². The van der Waals surface area contributed by atoms with Gasteiger partial charge in [-0.3, -0.25) is 13.9 Å². The first-order valence-corrected chi connectivity index (χ1v) is 11.7. The normalized spacial score (nSPS) is 18.3. The lowest BCUT2D eigenvalue weighted by molar-refractivity contribution is -0.145. The number of carboxylic acid groups (broad SMARTS) is 1. The molecule has 1 aliphatic carbocycles. The van der Waals surface area contributed by atoms with Crippen LogP contribution in [-0.4, -0.2) is 40.3 Å². The summed E-state index contributed by atoms with van der Waals surface area (Å²) in [4.78, 5) is 34.4. The van der Waals surface area contributed by atoms with Gasteiger partial charge in [0.1, 0.15) is 5.78 Å². The Balaban J connectivity index is 2.00. The van der Waals surface area contributed by atoms with E-state index in [-0.39, 0.29) is 24.7 Å². The van der Waals surface area contributed by atoms with Crippen LogP contribution in [0.2, 0.25) is 0 Å². The highest BCUT2D eigenvalue weighted by Crippen LogP contribution is 2.54. The molecule has 1 amide bonds. The molecule has 0 aliphatic heterocycles. The molecule has 8 nitrogen and oxygen atoms in total. The molecule has 0 bridgehead atoms. The molecule has 0 heterocycles. The van der Waals surface area contributed by atoms with Crippen molar-refractivity contribution in [2.75, 3.05) is 6.54 Å². The largest absolute Gasteiger partial charge is 0.479 e. The zero-order valence-electron chi connectivity index (χ0n) is 16.5. The summed E-state index contributed by atoms with van der Waals surface area (Å²) in [5.74, 6) is -2.92. The van der Waals surface area contributed by atoms with Crippen molar-refractivity contribution in [3.05, 3.63) is 35.9 Å². The molecule has 9 heteroatoms. The predicted octanol–water partition coefficient (Wildman–Crippen LogP) is 2.65. The zero-order chi connectivity index (χ0) is 21.3. The molecule has 1 aromatic carbocycles. The van der Waals surface area contributed by atoms with E-state index in [1.54, 1.807) is 0 Å². The lowest BCUT2D eigenvalue weighted by Gasteiger charge is -2.36. The Labute approximate surface area is 171 Å². The average Bonchev–Trinajstić information content (AvgIpc) is 2.64. The highest BCUT2D eigenvalue weighted by Gasteiger charge is 2.44. The predicted molar refractivity (Wildman–Crippen MR) is 109 cm³/mol. The van der Waals surface area contributed by atoms with Crippen LogP contribution in [0, 0.1) is 5.92 Å². The summed E-state index contributed by atoms with van der Waals surface area (Å²) < 4.78 is 18.1. The number of unbranched alkanes of at least 4 members (excludes halogenated alkanes) is 1. The Hall–Kier alpha value is -1.73. The van der Waals surface area contributed by atoms with Gasteiger partial charge in [-0.15, -0.1) is 0 Å². The van der Waals surface area contributed by atoms with E-state index in [1.165, 1.54) is 0 Å². The molecule has 5 N–H and O–H groups in total. The van der Waals surface area contributed by atoms with Gasteiger partial charge in [0.15, 0.2) is 6.10 Å². The van der Waals surface area contributed by atoms with Gasteiger partial charge in [-0.2, -0.15) is 0 Å². The number of carboxylic acids is 1. The summed E-state index contributed by atoms with van der Waals surface area (Å²) >= 11 is 0. The van der Waals surface area contributed by atoms with Crippen molar-refractivity contribution in [2.24, 2.45) is 11.7 Å². The van der Waals surface area contributed by atoms with Gasteiger partial charge >= 0.3 is 13.6 Å². The highest BCUT2D eigenvalue weighted by molar-refractivity contribution is 7.53. The van der Waals surface area contributed by atoms with Gasteiger partial charge in [0.2, 0.25) is 5.91 Å². The van der Waals surface area contributed by atoms with Crippen LogP contribution >= 0.6 is 7.60 Å². The molecule has 1 aromatic rings. The number of rotatable bonds is 13. The molecule has 2 unspecified atom stereocenters. The number of benzene rings is 1. The van der Waals surface area contributed by atoms with E-state index in [4.69, 9.17) is 10.3 Å². The minimum absolute atomic E-state index is 0.0937. The molecular weight excluding hydrogens is 395 g/mol. The van der Waals surface area contributed by atoms with Crippen molar-refractivity contribution in [1.29, 1.82) is 0 Å². The lowest BCUT2D eigenvalue weighted by Crippen LogP contribution is -2.44. The Bertz CT molecular complexity index is 710. The van der Waals surface area contributed by atoms with Crippen molar-refractivity contribution in [2.45, 2.75) is 63.3 Å². The van der Waals surface area contributed by atoms with Gasteiger partial charge in [-0.25, -0.2) is 4.79 Å². The first-order valence-electron chi connectivity index (χ1n) is 10.1. The van der Waals surface area contributed by atoms with Crippen molar-refractivity contribution in [3.8, 4) is 0 Å². The smallest absolute Gasteiger partial charge is 0.351 e. The third kappa shape index (κ3) is 7.55. The summed E-state index contributed by atoms with van der Waals surface area (Å²) in [6.07, 6.45) is 2.75. The van der Waals surface area contributed by atoms with Crippen molar-refractivity contribution in [1.82, 2.24) is 5.32 Å². The molecule has 3 atom stereocenters. The molecule has 0 saturated heterocycles. The lowest BCUT2D eigenvalue weighted by atomic mass is 9.85. The first kappa shape index (κ1) is 23.5. The van der Waals surface area contributed by atoms with Crippen LogP contribution in [0.15, 0.2) is 30.3 Å². The van der Waals surface area contributed by atoms with Crippen LogP contribution < -0.4 is 11.1 Å². The van der Waals surface area contributed by atoms with Crippen LogP contribution in [0.25, 0.3) is 0 Å². The van der Waals surface area contributed by atoms with E-state index in [1.807, 2.05) is 30.3 Å². The second-order valence-electron chi connectivity index (χ2n) is 7.47. The summed E-state index contributed by atoms with van der Waals surface area (Å²) in [5.41, 5.74) is 6.41. The third-order valence-corrected chi connectivity index (χ3v) is 7.02. The molecule has 2 rings (SSSR count). The molecule has 1 aliphatic rings. The monoisotopic (exact) mass is 426 g/mol. The van der Waals surface area contributed by atoms with Crippen molar-refractivity contribution in [3.63, 3.8) is 0 Å². The Morgan fingerprint density at radius 1 is 1.24 bits per heavy atom. The number of nitrogens with two attached hydrogens (primary N) is 1. The second kappa shape index (κ2) is 11.5. The maximum Gasteiger partial charge on any atom is 0.351 e. The van der Waals surface area contributed by atoms with Crippen LogP contribution in [0.5, 0.6) is 0 Å². The van der Waals surface area contributed by atoms with Crippen LogP contribution in [-0.2, 0) is 25.1 Å². The fraction of sp³-hybridized carbons (Fsp3) is 0.600. The average molecular weight is 426 g/mol. The van der Waals surface area contributed by atoms with Crippen LogP contribution in [0.3, 0.4) is 0 Å². The van der Waals surface area contributed by atoms with E-state index < -0.39 is 25.5 Å². The Morgan fingerprint density at radius 3 is 2.48 bits per heavy atom. The standard InChI is InChI=1S/C20H31N2O6P/c21-14-5-4-11-17(20(24)25)28-29(26,27)19(16-9-6-10-16)22-18(23)13-12-15-7-2-1-3-8-15/h1-3,7-8,16-17,19H,4-6,9-14,21H2,(H,22,23)(H,24,25)(H,26,27)/t17?,19-/m0/s1. The number of nitrogens with one attached hydrogen (secondary N) is 1. The summed E-state index contributed by atoms with van der Waals surface area (Å²) in [6.45, 7) is 0.408. The number of carbonyl (C=O) groups excluding carboxylic acids is 1. The summed E-state index contributed by atoms with van der Waals surface area (Å²) in [6, 6.07) is 9.49. The van der Waals surface area contributed by atoms with E-state index in [9.17, 15) is 24.2 Å². The SMILES string of the molecule is NCCCCC(OP(=O)(O)[C@H](NC(=O)CCc1ccccc1)C1CCC1)C(=O)O. The summed E-state index contributed by atoms with van der Waals surface area (Å²) in [5, 5.41) is 12.0. The molecule has 0 aromatic heterocycles. The number of hydrogen-bond acceptors (Lipinski definition) is 5. The quantitative estimate of drug-likeness (QED) is 0.281.